The zero-order chi connectivity index (χ0) is 40.4. The molecule has 2 heterocycles. The maximum atomic E-state index is 13.9. The number of likely N-dealkylation sites (tertiary alicyclic amines) is 1. The monoisotopic (exact) mass is 780 g/mol. The molecular formula is C47H64N4O6. The number of nitrogens with one attached hydrogen (secondary N) is 3. The number of carbonyl (C=O) groups excluding carboxylic acids is 3. The van der Waals surface area contributed by atoms with Crippen LogP contribution in [0.1, 0.15) is 133 Å². The van der Waals surface area contributed by atoms with Gasteiger partial charge < -0.3 is 30.5 Å². The first kappa shape index (κ1) is 42.5. The minimum atomic E-state index is -0.624. The molecule has 3 aliphatic rings. The third-order valence-electron chi connectivity index (χ3n) is 11.7. The van der Waals surface area contributed by atoms with Crippen molar-refractivity contribution in [3.05, 3.63) is 95.1 Å². The topological polar surface area (TPSA) is 129 Å². The smallest absolute Gasteiger partial charge is 0.237 e. The van der Waals surface area contributed by atoms with Gasteiger partial charge in [0.15, 0.2) is 6.29 Å². The molecule has 2 saturated heterocycles. The first-order chi connectivity index (χ1) is 27.5. The van der Waals surface area contributed by atoms with Gasteiger partial charge in [0.25, 0.3) is 0 Å². The Morgan fingerprint density at radius 2 is 1.56 bits per heavy atom. The van der Waals surface area contributed by atoms with Crippen LogP contribution in [0.15, 0.2) is 72.8 Å². The van der Waals surface area contributed by atoms with E-state index >= 15 is 0 Å². The number of rotatable bonds is 15. The summed E-state index contributed by atoms with van der Waals surface area (Å²) in [6.45, 7) is 9.37. The number of fused-ring (bicyclic) bond motifs is 1. The molecule has 6 rings (SSSR count). The number of unbranched alkanes of at least 4 members (excludes halogenated alkanes) is 2. The average molecular weight is 781 g/mol. The fourth-order valence-corrected chi connectivity index (χ4v) is 8.86. The number of carbonyl (C=O) groups is 3. The molecular weight excluding hydrogens is 717 g/mol. The molecule has 0 unspecified atom stereocenters. The molecule has 0 bridgehead atoms. The summed E-state index contributed by atoms with van der Waals surface area (Å²) in [5.41, 5.74) is 5.58. The molecule has 1 saturated carbocycles. The van der Waals surface area contributed by atoms with Gasteiger partial charge in [0.2, 0.25) is 17.7 Å². The van der Waals surface area contributed by atoms with E-state index in [1.807, 2.05) is 63.2 Å². The van der Waals surface area contributed by atoms with Crippen LogP contribution in [0, 0.1) is 5.92 Å². The molecule has 3 aromatic carbocycles. The number of aliphatic hydroxyl groups is 1. The summed E-state index contributed by atoms with van der Waals surface area (Å²) in [5.74, 6) is 0.700. The Morgan fingerprint density at radius 3 is 2.32 bits per heavy atom. The van der Waals surface area contributed by atoms with Gasteiger partial charge in [-0.15, -0.1) is 0 Å². The first-order valence-corrected chi connectivity index (χ1v) is 21.2. The Balaban J connectivity index is 1.18. The molecule has 0 radical (unpaired) electrons. The standard InChI is InChI=1S/C47H64N4O6/c1-32(53)48-25-9-5-6-18-44(54)49-29-34-12-10-14-37(26-34)38-15-11-16-39(27-38)46-56-40(28-43(57-46)36-21-19-33(31-52)20-22-36)30-51-41-17-8-7-13-35(41)23-24-42(51)45(55)50-47(2,3)4/h10-12,14-16,19-22,26-27,35,40-43,46,52H,5-9,13,17-18,23-25,28-31H2,1-4H3,(H,48,53)(H,49,54)(H,50,55)/t35-,40+,41-,42-,43-,46-/m1/s1. The van der Waals surface area contributed by atoms with Crippen LogP contribution in [-0.4, -0.2) is 64.5 Å². The maximum absolute atomic E-state index is 13.9. The normalized spacial score (nSPS) is 23.9. The Hall–Kier alpha value is -4.09. The zero-order valence-corrected chi connectivity index (χ0v) is 34.4. The number of amides is 3. The lowest BCUT2D eigenvalue weighted by molar-refractivity contribution is -0.255. The second kappa shape index (κ2) is 20.1. The Kier molecular flexibility index (Phi) is 15.0. The van der Waals surface area contributed by atoms with Crippen molar-refractivity contribution in [2.75, 3.05) is 13.1 Å². The van der Waals surface area contributed by atoms with E-state index < -0.39 is 6.29 Å². The molecule has 1 aliphatic carbocycles. The van der Waals surface area contributed by atoms with Crippen molar-refractivity contribution in [1.82, 2.24) is 20.9 Å². The highest BCUT2D eigenvalue weighted by Gasteiger charge is 2.44. The zero-order valence-electron chi connectivity index (χ0n) is 34.4. The molecule has 3 fully saturated rings. The summed E-state index contributed by atoms with van der Waals surface area (Å²) in [7, 11) is 0. The van der Waals surface area contributed by atoms with Crippen molar-refractivity contribution in [3.8, 4) is 11.1 Å². The minimum Gasteiger partial charge on any atom is -0.392 e. The summed E-state index contributed by atoms with van der Waals surface area (Å²) in [6, 6.07) is 24.7. The molecule has 10 heteroatoms. The largest absolute Gasteiger partial charge is 0.392 e. The predicted octanol–water partition coefficient (Wildman–Crippen LogP) is 7.64. The Labute approximate surface area is 339 Å². The van der Waals surface area contributed by atoms with Crippen molar-refractivity contribution in [2.45, 2.75) is 148 Å². The highest BCUT2D eigenvalue weighted by atomic mass is 16.7. The highest BCUT2D eigenvalue weighted by Crippen LogP contribution is 2.42. The molecule has 10 nitrogen and oxygen atoms in total. The van der Waals surface area contributed by atoms with Crippen LogP contribution in [-0.2, 0) is 37.0 Å². The SMILES string of the molecule is CC(=O)NCCCCCC(=O)NCc1cccc(-c2cccc([C@@H]3O[C@H](CN4[C@@H](C(=O)NC(C)(C)C)CC[C@H]5CCCC[C@H]54)C[C@H](c4ccc(CO)cc4)O3)c2)c1. The molecule has 3 amide bonds. The van der Waals surface area contributed by atoms with Crippen LogP contribution in [0.4, 0.5) is 0 Å². The van der Waals surface area contributed by atoms with Crippen LogP contribution in [0.2, 0.25) is 0 Å². The summed E-state index contributed by atoms with van der Waals surface area (Å²) in [4.78, 5) is 40.0. The fraction of sp³-hybridized carbons (Fsp3) is 0.553. The van der Waals surface area contributed by atoms with E-state index in [2.05, 4.69) is 51.2 Å². The van der Waals surface area contributed by atoms with E-state index in [4.69, 9.17) is 9.47 Å². The van der Waals surface area contributed by atoms with E-state index in [0.29, 0.717) is 44.4 Å². The molecule has 6 atom stereocenters. The Morgan fingerprint density at radius 1 is 0.807 bits per heavy atom. The lowest BCUT2D eigenvalue weighted by Gasteiger charge is -2.50. The predicted molar refractivity (Wildman–Crippen MR) is 223 cm³/mol. The van der Waals surface area contributed by atoms with E-state index in [1.165, 1.54) is 26.2 Å². The van der Waals surface area contributed by atoms with Gasteiger partial charge in [-0.3, -0.25) is 19.3 Å². The second-order valence-electron chi connectivity index (χ2n) is 17.4. The van der Waals surface area contributed by atoms with Gasteiger partial charge >= 0.3 is 0 Å². The van der Waals surface area contributed by atoms with Gasteiger partial charge in [0, 0.05) is 56.5 Å². The van der Waals surface area contributed by atoms with Crippen molar-refractivity contribution in [2.24, 2.45) is 5.92 Å². The quantitative estimate of drug-likeness (QED) is 0.117. The van der Waals surface area contributed by atoms with Gasteiger partial charge in [-0.2, -0.15) is 0 Å². The molecule has 3 aromatic rings. The summed E-state index contributed by atoms with van der Waals surface area (Å²) >= 11 is 0. The van der Waals surface area contributed by atoms with E-state index in [-0.39, 0.29) is 48.1 Å². The number of ether oxygens (including phenoxy) is 2. The second-order valence-corrected chi connectivity index (χ2v) is 17.4. The third kappa shape index (κ3) is 12.2. The third-order valence-corrected chi connectivity index (χ3v) is 11.7. The van der Waals surface area contributed by atoms with Crippen LogP contribution in [0.25, 0.3) is 11.1 Å². The van der Waals surface area contributed by atoms with Crippen LogP contribution < -0.4 is 16.0 Å². The number of benzene rings is 3. The number of aliphatic hydroxyl groups excluding tert-OH is 1. The Bertz CT molecular complexity index is 1790. The summed E-state index contributed by atoms with van der Waals surface area (Å²) in [6.07, 6.45) is 9.32. The van der Waals surface area contributed by atoms with Crippen LogP contribution in [0.5, 0.6) is 0 Å². The molecule has 0 spiro atoms. The average Bonchev–Trinajstić information content (AvgIpc) is 3.20. The number of nitrogens with zero attached hydrogens (tertiary/aromatic N) is 1. The van der Waals surface area contributed by atoms with Crippen molar-refractivity contribution < 1.29 is 29.0 Å². The molecule has 0 aromatic heterocycles. The van der Waals surface area contributed by atoms with Crippen LogP contribution >= 0.6 is 0 Å². The van der Waals surface area contributed by atoms with Crippen molar-refractivity contribution in [3.63, 3.8) is 0 Å². The molecule has 57 heavy (non-hydrogen) atoms. The first-order valence-electron chi connectivity index (χ1n) is 21.2. The number of hydrogen-bond acceptors (Lipinski definition) is 7. The number of hydrogen-bond donors (Lipinski definition) is 4. The van der Waals surface area contributed by atoms with Crippen molar-refractivity contribution in [1.29, 1.82) is 0 Å². The molecule has 308 valence electrons. The lowest BCUT2D eigenvalue weighted by atomic mass is 9.75. The van der Waals surface area contributed by atoms with Gasteiger partial charge in [0.05, 0.1) is 24.9 Å². The van der Waals surface area contributed by atoms with E-state index in [1.54, 1.807) is 0 Å². The van der Waals surface area contributed by atoms with Gasteiger partial charge in [-0.05, 0) is 105 Å². The van der Waals surface area contributed by atoms with Crippen molar-refractivity contribution >= 4 is 17.7 Å². The lowest BCUT2D eigenvalue weighted by Crippen LogP contribution is -2.61. The van der Waals surface area contributed by atoms with E-state index in [9.17, 15) is 19.5 Å². The molecule has 2 aliphatic heterocycles. The van der Waals surface area contributed by atoms with Gasteiger partial charge in [0.1, 0.15) is 0 Å². The van der Waals surface area contributed by atoms with E-state index in [0.717, 1.165) is 71.9 Å². The van der Waals surface area contributed by atoms with Crippen LogP contribution in [0.3, 0.4) is 0 Å². The number of piperidine rings is 1. The van der Waals surface area contributed by atoms with Gasteiger partial charge in [-0.25, -0.2) is 0 Å². The maximum Gasteiger partial charge on any atom is 0.237 e. The summed E-state index contributed by atoms with van der Waals surface area (Å²) in [5, 5.41) is 18.9. The minimum absolute atomic E-state index is 0.0157. The molecule has 4 N–H and O–H groups in total. The fourth-order valence-electron chi connectivity index (χ4n) is 8.86. The summed E-state index contributed by atoms with van der Waals surface area (Å²) < 4.78 is 13.7. The highest BCUT2D eigenvalue weighted by molar-refractivity contribution is 5.82. The van der Waals surface area contributed by atoms with Gasteiger partial charge in [-0.1, -0.05) is 79.9 Å².